The lowest BCUT2D eigenvalue weighted by atomic mass is 10.2. The van der Waals surface area contributed by atoms with E-state index in [9.17, 15) is 0 Å². The molecule has 3 aromatic rings. The third-order valence-electron chi connectivity index (χ3n) is 2.88. The maximum Gasteiger partial charge on any atom is 0.165 e. The molecule has 0 aliphatic heterocycles. The predicted octanol–water partition coefficient (Wildman–Crippen LogP) is 0.136. The Bertz CT molecular complexity index is 791. The van der Waals surface area contributed by atoms with E-state index in [0.717, 1.165) is 5.56 Å². The van der Waals surface area contributed by atoms with Gasteiger partial charge in [0.05, 0.1) is 12.9 Å². The topological polar surface area (TPSA) is 132 Å². The first-order valence-corrected chi connectivity index (χ1v) is 5.86. The Morgan fingerprint density at radius 3 is 2.90 bits per heavy atom. The molecule has 0 spiro atoms. The molecule has 8 heteroatoms. The van der Waals surface area contributed by atoms with Gasteiger partial charge in [-0.25, -0.2) is 15.0 Å². The second-order valence-electron chi connectivity index (χ2n) is 4.27. The van der Waals surface area contributed by atoms with Crippen molar-refractivity contribution in [3.05, 3.63) is 42.2 Å². The van der Waals surface area contributed by atoms with Crippen LogP contribution in [-0.2, 0) is 6.54 Å². The third-order valence-corrected chi connectivity index (χ3v) is 2.88. The first-order valence-electron chi connectivity index (χ1n) is 5.86. The Hall–Kier alpha value is -3.03. The molecule has 0 aromatic carbocycles. The van der Waals surface area contributed by atoms with E-state index in [1.54, 1.807) is 18.6 Å². The minimum atomic E-state index is -0.0612. The van der Waals surface area contributed by atoms with Gasteiger partial charge in [-0.05, 0) is 17.7 Å². The van der Waals surface area contributed by atoms with E-state index in [1.165, 1.54) is 6.33 Å². The number of fused-ring (bicyclic) bond motifs is 1. The first-order chi connectivity index (χ1) is 9.65. The zero-order chi connectivity index (χ0) is 14.1. The van der Waals surface area contributed by atoms with Crippen molar-refractivity contribution in [3.63, 3.8) is 0 Å². The van der Waals surface area contributed by atoms with Crippen molar-refractivity contribution in [1.29, 1.82) is 5.41 Å². The van der Waals surface area contributed by atoms with Gasteiger partial charge in [-0.15, -0.1) is 0 Å². The fraction of sp³-hybridized carbons (Fsp3) is 0.0833. The van der Waals surface area contributed by atoms with E-state index in [0.29, 0.717) is 29.2 Å². The fourth-order valence-electron chi connectivity index (χ4n) is 1.93. The quantitative estimate of drug-likeness (QED) is 0.457. The van der Waals surface area contributed by atoms with Gasteiger partial charge >= 0.3 is 0 Å². The summed E-state index contributed by atoms with van der Waals surface area (Å²) >= 11 is 0. The average Bonchev–Trinajstić information content (AvgIpc) is 2.84. The number of nitrogens with one attached hydrogen (secondary N) is 1. The highest BCUT2D eigenvalue weighted by Crippen LogP contribution is 2.15. The number of amidine groups is 1. The molecule has 5 N–H and O–H groups in total. The van der Waals surface area contributed by atoms with Gasteiger partial charge in [0, 0.05) is 6.20 Å². The van der Waals surface area contributed by atoms with E-state index >= 15 is 0 Å². The van der Waals surface area contributed by atoms with Crippen LogP contribution in [0.2, 0.25) is 0 Å². The lowest BCUT2D eigenvalue weighted by molar-refractivity contribution is 0.811. The third kappa shape index (κ3) is 2.03. The van der Waals surface area contributed by atoms with Crippen LogP contribution in [0.25, 0.3) is 11.2 Å². The van der Waals surface area contributed by atoms with Crippen LogP contribution in [0.4, 0.5) is 5.82 Å². The van der Waals surface area contributed by atoms with Crippen LogP contribution in [0, 0.1) is 5.41 Å². The molecule has 0 aliphatic rings. The van der Waals surface area contributed by atoms with Crippen LogP contribution in [-0.4, -0.2) is 30.3 Å². The Morgan fingerprint density at radius 2 is 2.10 bits per heavy atom. The Balaban J connectivity index is 1.99. The highest BCUT2D eigenvalue weighted by atomic mass is 15.1. The van der Waals surface area contributed by atoms with Gasteiger partial charge < -0.3 is 16.0 Å². The number of nitrogen functional groups attached to an aromatic ring is 2. The molecule has 0 amide bonds. The minimum Gasteiger partial charge on any atom is -0.382 e. The van der Waals surface area contributed by atoms with E-state index in [4.69, 9.17) is 16.9 Å². The fourth-order valence-corrected chi connectivity index (χ4v) is 1.93. The zero-order valence-electron chi connectivity index (χ0n) is 10.5. The highest BCUT2D eigenvalue weighted by molar-refractivity contribution is 5.93. The summed E-state index contributed by atoms with van der Waals surface area (Å²) in [6.07, 6.45) is 4.68. The van der Waals surface area contributed by atoms with Crippen LogP contribution >= 0.6 is 0 Å². The van der Waals surface area contributed by atoms with E-state index < -0.39 is 0 Å². The monoisotopic (exact) mass is 268 g/mol. The number of aromatic nitrogens is 5. The number of rotatable bonds is 3. The number of nitrogens with two attached hydrogens (primary N) is 2. The second-order valence-corrected chi connectivity index (χ2v) is 4.27. The van der Waals surface area contributed by atoms with Gasteiger partial charge in [-0.3, -0.25) is 10.4 Å². The lowest BCUT2D eigenvalue weighted by Crippen LogP contribution is -2.13. The van der Waals surface area contributed by atoms with Crippen molar-refractivity contribution in [2.24, 2.45) is 5.73 Å². The minimum absolute atomic E-state index is 0.0612. The van der Waals surface area contributed by atoms with Crippen LogP contribution in [0.3, 0.4) is 0 Å². The van der Waals surface area contributed by atoms with Crippen molar-refractivity contribution < 1.29 is 0 Å². The van der Waals surface area contributed by atoms with Gasteiger partial charge in [0.25, 0.3) is 0 Å². The normalized spacial score (nSPS) is 10.8. The molecule has 0 atom stereocenters. The van der Waals surface area contributed by atoms with Crippen molar-refractivity contribution in [1.82, 2.24) is 24.5 Å². The van der Waals surface area contributed by atoms with E-state index in [-0.39, 0.29) is 5.84 Å². The highest BCUT2D eigenvalue weighted by Gasteiger charge is 2.08. The van der Waals surface area contributed by atoms with E-state index in [2.05, 4.69) is 19.9 Å². The average molecular weight is 268 g/mol. The van der Waals surface area contributed by atoms with Gasteiger partial charge in [-0.2, -0.15) is 0 Å². The number of pyridine rings is 1. The van der Waals surface area contributed by atoms with Crippen molar-refractivity contribution in [2.45, 2.75) is 6.54 Å². The van der Waals surface area contributed by atoms with Crippen LogP contribution in [0.5, 0.6) is 0 Å². The molecular weight excluding hydrogens is 256 g/mol. The van der Waals surface area contributed by atoms with Gasteiger partial charge in [0.15, 0.2) is 11.5 Å². The molecule has 0 aliphatic carbocycles. The van der Waals surface area contributed by atoms with Crippen LogP contribution < -0.4 is 11.5 Å². The summed E-state index contributed by atoms with van der Waals surface area (Å²) < 4.78 is 1.85. The van der Waals surface area contributed by atoms with Gasteiger partial charge in [0.1, 0.15) is 23.4 Å². The molecule has 3 heterocycles. The van der Waals surface area contributed by atoms with Crippen LogP contribution in [0.15, 0.2) is 31.0 Å². The number of hydrogen-bond donors (Lipinski definition) is 3. The summed E-state index contributed by atoms with van der Waals surface area (Å²) in [5, 5.41) is 7.40. The van der Waals surface area contributed by atoms with Crippen LogP contribution in [0.1, 0.15) is 11.3 Å². The maximum absolute atomic E-state index is 7.40. The molecule has 100 valence electrons. The molecule has 20 heavy (non-hydrogen) atoms. The van der Waals surface area contributed by atoms with E-state index in [1.807, 2.05) is 10.6 Å². The number of imidazole rings is 1. The van der Waals surface area contributed by atoms with Crippen molar-refractivity contribution in [2.75, 3.05) is 5.73 Å². The first kappa shape index (κ1) is 12.0. The maximum atomic E-state index is 7.40. The summed E-state index contributed by atoms with van der Waals surface area (Å²) in [5.41, 5.74) is 13.8. The van der Waals surface area contributed by atoms with Gasteiger partial charge in [0.2, 0.25) is 0 Å². The Morgan fingerprint density at radius 1 is 1.25 bits per heavy atom. The molecule has 0 fully saturated rings. The molecule has 0 saturated carbocycles. The Labute approximate surface area is 114 Å². The lowest BCUT2D eigenvalue weighted by Gasteiger charge is -2.05. The van der Waals surface area contributed by atoms with Crippen molar-refractivity contribution in [3.8, 4) is 0 Å². The molecule has 0 unspecified atom stereocenters. The largest absolute Gasteiger partial charge is 0.382 e. The number of nitrogens with zero attached hydrogens (tertiary/aromatic N) is 5. The zero-order valence-corrected chi connectivity index (χ0v) is 10.5. The standard InChI is InChI=1S/C12H12N8/c13-10(14)8-3-7(1-2-16-8)4-20-6-19-9-11(15)17-5-18-12(9)20/h1-3,5-6H,4H2,(H3,13,14)(H2,15,17,18). The number of hydrogen-bond acceptors (Lipinski definition) is 6. The Kier molecular flexibility index (Phi) is 2.75. The SMILES string of the molecule is N=C(N)c1cc(Cn2cnc3c(N)ncnc32)ccn1. The predicted molar refractivity (Wildman–Crippen MR) is 74.1 cm³/mol. The summed E-state index contributed by atoms with van der Waals surface area (Å²) in [4.78, 5) is 16.3. The summed E-state index contributed by atoms with van der Waals surface area (Å²) in [6, 6.07) is 3.61. The summed E-state index contributed by atoms with van der Waals surface area (Å²) in [5.74, 6) is 0.293. The molecule has 0 bridgehead atoms. The number of anilines is 1. The van der Waals surface area contributed by atoms with Gasteiger partial charge in [-0.1, -0.05) is 0 Å². The molecule has 8 nitrogen and oxygen atoms in total. The van der Waals surface area contributed by atoms with Crippen molar-refractivity contribution >= 4 is 22.8 Å². The molecule has 0 saturated heterocycles. The summed E-state index contributed by atoms with van der Waals surface area (Å²) in [6.45, 7) is 0.537. The molecule has 3 aromatic heterocycles. The molecule has 0 radical (unpaired) electrons. The summed E-state index contributed by atoms with van der Waals surface area (Å²) in [7, 11) is 0. The molecule has 3 rings (SSSR count). The smallest absolute Gasteiger partial charge is 0.165 e. The molecular formula is C12H12N8. The second kappa shape index (κ2) is 4.57.